The van der Waals surface area contributed by atoms with E-state index in [2.05, 4.69) is 47.3 Å². The van der Waals surface area contributed by atoms with Gasteiger partial charge in [-0.2, -0.15) is 0 Å². The van der Waals surface area contributed by atoms with E-state index in [1.165, 1.54) is 16.7 Å². The Morgan fingerprint density at radius 2 is 2.30 bits per heavy atom. The van der Waals surface area contributed by atoms with E-state index in [-0.39, 0.29) is 11.9 Å². The van der Waals surface area contributed by atoms with Gasteiger partial charge in [0, 0.05) is 18.3 Å². The summed E-state index contributed by atoms with van der Waals surface area (Å²) in [5.74, 6) is 0.631. The summed E-state index contributed by atoms with van der Waals surface area (Å²) in [5.41, 5.74) is 5.06. The number of nitrogens with one attached hydrogen (secondary N) is 2. The second-order valence-electron chi connectivity index (χ2n) is 6.70. The number of aromatic nitrogens is 2. The van der Waals surface area contributed by atoms with Crippen molar-refractivity contribution in [3.63, 3.8) is 0 Å². The van der Waals surface area contributed by atoms with Gasteiger partial charge in [0.05, 0.1) is 12.4 Å². The molecule has 1 atom stereocenters. The number of aryl methyl sites for hydroxylation is 2. The lowest BCUT2D eigenvalue weighted by Crippen LogP contribution is -2.31. The number of hydrogen-bond donors (Lipinski definition) is 2. The summed E-state index contributed by atoms with van der Waals surface area (Å²) < 4.78 is 0. The minimum absolute atomic E-state index is 0.118. The first kappa shape index (κ1) is 15.8. The van der Waals surface area contributed by atoms with E-state index in [0.717, 1.165) is 25.0 Å². The number of carbonyl (C=O) groups is 1. The molecule has 1 aliphatic carbocycles. The lowest BCUT2D eigenvalue weighted by molar-refractivity contribution is -0.121. The summed E-state index contributed by atoms with van der Waals surface area (Å²) in [4.78, 5) is 19.3. The third-order valence-electron chi connectivity index (χ3n) is 4.66. The summed E-state index contributed by atoms with van der Waals surface area (Å²) in [6.45, 7) is 4.42. The highest BCUT2D eigenvalue weighted by atomic mass is 16.1. The van der Waals surface area contributed by atoms with Gasteiger partial charge in [-0.05, 0) is 48.3 Å². The molecule has 0 radical (unpaired) electrons. The Morgan fingerprint density at radius 3 is 3.04 bits per heavy atom. The molecule has 0 saturated carbocycles. The normalized spacial score (nSPS) is 17.1. The van der Waals surface area contributed by atoms with Gasteiger partial charge in [-0.1, -0.05) is 32.0 Å². The average Bonchev–Trinajstić information content (AvgIpc) is 3.06. The van der Waals surface area contributed by atoms with Crippen molar-refractivity contribution < 1.29 is 4.79 Å². The van der Waals surface area contributed by atoms with Crippen molar-refractivity contribution in [2.45, 2.75) is 57.9 Å². The highest BCUT2D eigenvalue weighted by Crippen LogP contribution is 2.32. The van der Waals surface area contributed by atoms with Gasteiger partial charge in [0.25, 0.3) is 0 Å². The summed E-state index contributed by atoms with van der Waals surface area (Å²) >= 11 is 0. The zero-order valence-electron chi connectivity index (χ0n) is 13.9. The molecule has 2 aromatic rings. The summed E-state index contributed by atoms with van der Waals surface area (Å²) in [5, 5.41) is 3.23. The van der Waals surface area contributed by atoms with Crippen LogP contribution in [0.25, 0.3) is 0 Å². The first-order valence-corrected chi connectivity index (χ1v) is 8.53. The standard InChI is InChI=1S/C19H25N3O/c1-13(2)15-7-6-14-4-3-5-18(17(14)10-15)22-19(23)9-8-16-11-20-12-21-16/h6-7,10-13,18H,3-5,8-9H2,1-2H3,(H,20,21)(H,22,23)/t18-/m1/s1. The molecular weight excluding hydrogens is 286 g/mol. The Bertz CT molecular complexity index is 661. The maximum Gasteiger partial charge on any atom is 0.220 e. The lowest BCUT2D eigenvalue weighted by Gasteiger charge is -2.27. The predicted octanol–water partition coefficient (Wildman–Crippen LogP) is 3.66. The number of rotatable bonds is 5. The molecule has 3 rings (SSSR count). The number of benzene rings is 1. The molecule has 1 heterocycles. The molecule has 0 fully saturated rings. The fourth-order valence-corrected chi connectivity index (χ4v) is 3.26. The fourth-order valence-electron chi connectivity index (χ4n) is 3.26. The number of hydrogen-bond acceptors (Lipinski definition) is 2. The van der Waals surface area contributed by atoms with Crippen molar-refractivity contribution in [3.05, 3.63) is 53.1 Å². The molecule has 0 unspecified atom stereocenters. The molecule has 1 amide bonds. The minimum atomic E-state index is 0.118. The number of nitrogens with zero attached hydrogens (tertiary/aromatic N) is 1. The monoisotopic (exact) mass is 311 g/mol. The van der Waals surface area contributed by atoms with E-state index in [4.69, 9.17) is 0 Å². The third kappa shape index (κ3) is 3.81. The molecule has 0 saturated heterocycles. The topological polar surface area (TPSA) is 57.8 Å². The highest BCUT2D eigenvalue weighted by molar-refractivity contribution is 5.76. The highest BCUT2D eigenvalue weighted by Gasteiger charge is 2.22. The number of H-pyrrole nitrogens is 1. The van der Waals surface area contributed by atoms with Crippen LogP contribution in [0.5, 0.6) is 0 Å². The second kappa shape index (κ2) is 6.99. The lowest BCUT2D eigenvalue weighted by atomic mass is 9.85. The zero-order chi connectivity index (χ0) is 16.2. The van der Waals surface area contributed by atoms with E-state index in [9.17, 15) is 4.79 Å². The summed E-state index contributed by atoms with van der Waals surface area (Å²) in [6.07, 6.45) is 7.92. The second-order valence-corrected chi connectivity index (χ2v) is 6.70. The van der Waals surface area contributed by atoms with Gasteiger partial charge < -0.3 is 10.3 Å². The van der Waals surface area contributed by atoms with Crippen LogP contribution in [-0.4, -0.2) is 15.9 Å². The Hall–Kier alpha value is -2.10. The number of fused-ring (bicyclic) bond motifs is 1. The molecule has 122 valence electrons. The van der Waals surface area contributed by atoms with Crippen LogP contribution in [0.3, 0.4) is 0 Å². The van der Waals surface area contributed by atoms with Crippen molar-refractivity contribution in [3.8, 4) is 0 Å². The molecule has 23 heavy (non-hydrogen) atoms. The molecule has 0 bridgehead atoms. The van der Waals surface area contributed by atoms with Crippen molar-refractivity contribution >= 4 is 5.91 Å². The smallest absolute Gasteiger partial charge is 0.220 e. The van der Waals surface area contributed by atoms with E-state index in [1.807, 2.05) is 0 Å². The van der Waals surface area contributed by atoms with Crippen LogP contribution in [0.4, 0.5) is 0 Å². The average molecular weight is 311 g/mol. The van der Waals surface area contributed by atoms with Crippen LogP contribution in [-0.2, 0) is 17.6 Å². The third-order valence-corrected chi connectivity index (χ3v) is 4.66. The maximum absolute atomic E-state index is 12.3. The van der Waals surface area contributed by atoms with Crippen LogP contribution < -0.4 is 5.32 Å². The van der Waals surface area contributed by atoms with Crippen LogP contribution >= 0.6 is 0 Å². The first-order valence-electron chi connectivity index (χ1n) is 8.53. The Labute approximate surface area is 137 Å². The van der Waals surface area contributed by atoms with Crippen molar-refractivity contribution in [2.75, 3.05) is 0 Å². The Kier molecular flexibility index (Phi) is 4.79. The first-order chi connectivity index (χ1) is 11.1. The van der Waals surface area contributed by atoms with Gasteiger partial charge in [-0.15, -0.1) is 0 Å². The van der Waals surface area contributed by atoms with E-state index >= 15 is 0 Å². The molecule has 4 heteroatoms. The Balaban J connectivity index is 1.67. The van der Waals surface area contributed by atoms with Gasteiger partial charge in [-0.3, -0.25) is 4.79 Å². The minimum Gasteiger partial charge on any atom is -0.349 e. The molecule has 1 aliphatic rings. The molecule has 0 aliphatic heterocycles. The van der Waals surface area contributed by atoms with E-state index in [0.29, 0.717) is 18.8 Å². The van der Waals surface area contributed by atoms with Gasteiger partial charge in [0.1, 0.15) is 0 Å². The van der Waals surface area contributed by atoms with Crippen LogP contribution in [0.1, 0.15) is 67.5 Å². The molecule has 1 aromatic heterocycles. The predicted molar refractivity (Wildman–Crippen MR) is 91.3 cm³/mol. The van der Waals surface area contributed by atoms with Crippen molar-refractivity contribution in [1.82, 2.24) is 15.3 Å². The maximum atomic E-state index is 12.3. The summed E-state index contributed by atoms with van der Waals surface area (Å²) in [6, 6.07) is 6.92. The molecule has 0 spiro atoms. The van der Waals surface area contributed by atoms with Crippen LogP contribution in [0, 0.1) is 0 Å². The number of carbonyl (C=O) groups excluding carboxylic acids is 1. The number of aromatic amines is 1. The molecule has 2 N–H and O–H groups in total. The molecular formula is C19H25N3O. The number of amides is 1. The van der Waals surface area contributed by atoms with Gasteiger partial charge >= 0.3 is 0 Å². The van der Waals surface area contributed by atoms with Crippen molar-refractivity contribution in [1.29, 1.82) is 0 Å². The van der Waals surface area contributed by atoms with Gasteiger partial charge in [0.15, 0.2) is 0 Å². The Morgan fingerprint density at radius 1 is 1.43 bits per heavy atom. The largest absolute Gasteiger partial charge is 0.349 e. The fraction of sp³-hybridized carbons (Fsp3) is 0.474. The van der Waals surface area contributed by atoms with Crippen LogP contribution in [0.2, 0.25) is 0 Å². The SMILES string of the molecule is CC(C)c1ccc2c(c1)[C@H](NC(=O)CCc1cnc[nH]1)CCC2. The van der Waals surface area contributed by atoms with Crippen LogP contribution in [0.15, 0.2) is 30.7 Å². The zero-order valence-corrected chi connectivity index (χ0v) is 13.9. The van der Waals surface area contributed by atoms with E-state index in [1.54, 1.807) is 12.5 Å². The molecule has 1 aromatic carbocycles. The van der Waals surface area contributed by atoms with Gasteiger partial charge in [-0.25, -0.2) is 4.98 Å². The molecule has 4 nitrogen and oxygen atoms in total. The van der Waals surface area contributed by atoms with Crippen molar-refractivity contribution in [2.24, 2.45) is 0 Å². The summed E-state index contributed by atoms with van der Waals surface area (Å²) in [7, 11) is 0. The number of imidazole rings is 1. The quantitative estimate of drug-likeness (QED) is 0.885. The van der Waals surface area contributed by atoms with E-state index < -0.39 is 0 Å². The van der Waals surface area contributed by atoms with Gasteiger partial charge in [0.2, 0.25) is 5.91 Å².